The van der Waals surface area contributed by atoms with Gasteiger partial charge in [-0.3, -0.25) is 14.0 Å². The van der Waals surface area contributed by atoms with Crippen LogP contribution in [-0.2, 0) is 24.3 Å². The average molecular weight is 393 g/mol. The SMILES string of the molecule is Cc1nc2ccccn2c1C(=O)N1CCCC1Cn1nc2c(cc1=O)COCC2. The van der Waals surface area contributed by atoms with Crippen LogP contribution in [0.25, 0.3) is 5.65 Å². The zero-order valence-corrected chi connectivity index (χ0v) is 16.4. The van der Waals surface area contributed by atoms with Crippen LogP contribution >= 0.6 is 0 Å². The molecule has 0 radical (unpaired) electrons. The molecule has 1 fully saturated rings. The third-order valence-corrected chi connectivity index (χ3v) is 5.83. The molecule has 0 bridgehead atoms. The number of hydrogen-bond donors (Lipinski definition) is 0. The number of aryl methyl sites for hydroxylation is 1. The van der Waals surface area contributed by atoms with E-state index in [9.17, 15) is 9.59 Å². The van der Waals surface area contributed by atoms with Crippen molar-refractivity contribution < 1.29 is 9.53 Å². The van der Waals surface area contributed by atoms with E-state index in [1.54, 1.807) is 6.07 Å². The molecule has 8 heteroatoms. The van der Waals surface area contributed by atoms with Gasteiger partial charge in [0, 0.05) is 30.8 Å². The highest BCUT2D eigenvalue weighted by Gasteiger charge is 2.33. The molecule has 0 saturated carbocycles. The normalized spacial score (nSPS) is 18.9. The Hall–Kier alpha value is -3.00. The minimum Gasteiger partial charge on any atom is -0.376 e. The lowest BCUT2D eigenvalue weighted by molar-refractivity contribution is 0.0711. The van der Waals surface area contributed by atoms with Crippen LogP contribution in [0, 0.1) is 6.92 Å². The number of amides is 1. The number of hydrogen-bond acceptors (Lipinski definition) is 5. The number of carbonyl (C=O) groups excluding carboxylic acids is 1. The molecule has 0 aromatic carbocycles. The molecule has 29 heavy (non-hydrogen) atoms. The number of fused-ring (bicyclic) bond motifs is 2. The lowest BCUT2D eigenvalue weighted by Gasteiger charge is -2.25. The second-order valence-electron chi connectivity index (χ2n) is 7.71. The van der Waals surface area contributed by atoms with E-state index in [2.05, 4.69) is 10.1 Å². The summed E-state index contributed by atoms with van der Waals surface area (Å²) in [7, 11) is 0. The predicted molar refractivity (Wildman–Crippen MR) is 106 cm³/mol. The molecule has 5 rings (SSSR count). The fraction of sp³-hybridized carbons (Fsp3) is 0.429. The Morgan fingerprint density at radius 3 is 3.14 bits per heavy atom. The Kier molecular flexibility index (Phi) is 4.43. The Morgan fingerprint density at radius 2 is 2.24 bits per heavy atom. The fourth-order valence-electron chi connectivity index (χ4n) is 4.38. The number of imidazole rings is 1. The Bertz CT molecular complexity index is 1150. The lowest BCUT2D eigenvalue weighted by atomic mass is 10.1. The summed E-state index contributed by atoms with van der Waals surface area (Å²) in [6.07, 6.45) is 4.35. The van der Waals surface area contributed by atoms with Crippen molar-refractivity contribution in [2.24, 2.45) is 0 Å². The van der Waals surface area contributed by atoms with Crippen molar-refractivity contribution in [1.29, 1.82) is 0 Å². The number of ether oxygens (including phenoxy) is 1. The van der Waals surface area contributed by atoms with E-state index in [4.69, 9.17) is 4.74 Å². The molecule has 1 unspecified atom stereocenters. The highest BCUT2D eigenvalue weighted by atomic mass is 16.5. The van der Waals surface area contributed by atoms with E-state index in [0.29, 0.717) is 38.4 Å². The van der Waals surface area contributed by atoms with Crippen molar-refractivity contribution in [2.45, 2.75) is 45.4 Å². The number of pyridine rings is 1. The highest BCUT2D eigenvalue weighted by molar-refractivity contribution is 5.95. The van der Waals surface area contributed by atoms with Gasteiger partial charge < -0.3 is 9.64 Å². The van der Waals surface area contributed by atoms with Gasteiger partial charge in [-0.2, -0.15) is 5.10 Å². The molecule has 1 atom stereocenters. The zero-order valence-electron chi connectivity index (χ0n) is 16.4. The van der Waals surface area contributed by atoms with Crippen molar-refractivity contribution in [1.82, 2.24) is 24.1 Å². The van der Waals surface area contributed by atoms with Crippen LogP contribution in [0.15, 0.2) is 35.3 Å². The first-order valence-corrected chi connectivity index (χ1v) is 10.0. The summed E-state index contributed by atoms with van der Waals surface area (Å²) >= 11 is 0. The first-order valence-electron chi connectivity index (χ1n) is 10.0. The number of aromatic nitrogens is 4. The van der Waals surface area contributed by atoms with Crippen molar-refractivity contribution in [3.05, 3.63) is 63.5 Å². The molecule has 5 heterocycles. The second-order valence-corrected chi connectivity index (χ2v) is 7.71. The zero-order chi connectivity index (χ0) is 20.0. The number of nitrogens with zero attached hydrogens (tertiary/aromatic N) is 5. The molecule has 150 valence electrons. The standard InChI is InChI=1S/C21H23N5O3/c1-14-20(25-8-3-2-6-18(25)22-14)21(28)24-9-4-5-16(24)12-26-19(27)11-15-13-29-10-7-17(15)23-26/h2-3,6,8,11,16H,4-5,7,9-10,12-13H2,1H3. The molecule has 2 aliphatic heterocycles. The quantitative estimate of drug-likeness (QED) is 0.675. The molecular formula is C21H23N5O3. The molecule has 1 amide bonds. The third kappa shape index (κ3) is 3.13. The predicted octanol–water partition coefficient (Wildman–Crippen LogP) is 1.58. The van der Waals surface area contributed by atoms with Gasteiger partial charge in [-0.15, -0.1) is 0 Å². The maximum Gasteiger partial charge on any atom is 0.273 e. The summed E-state index contributed by atoms with van der Waals surface area (Å²) < 4.78 is 8.77. The molecule has 1 saturated heterocycles. The second kappa shape index (κ2) is 7.11. The summed E-state index contributed by atoms with van der Waals surface area (Å²) in [6.45, 7) is 4.02. The Morgan fingerprint density at radius 1 is 1.34 bits per heavy atom. The summed E-state index contributed by atoms with van der Waals surface area (Å²) in [4.78, 5) is 32.3. The van der Waals surface area contributed by atoms with E-state index in [0.717, 1.165) is 35.4 Å². The Labute approximate surface area is 167 Å². The smallest absolute Gasteiger partial charge is 0.273 e. The van der Waals surface area contributed by atoms with E-state index in [1.165, 1.54) is 4.68 Å². The maximum atomic E-state index is 13.4. The first-order chi connectivity index (χ1) is 14.1. The summed E-state index contributed by atoms with van der Waals surface area (Å²) in [5.41, 5.74) is 3.73. The molecule has 3 aromatic heterocycles. The third-order valence-electron chi connectivity index (χ3n) is 5.83. The fourth-order valence-corrected chi connectivity index (χ4v) is 4.38. The van der Waals surface area contributed by atoms with Gasteiger partial charge in [0.15, 0.2) is 0 Å². The molecule has 0 N–H and O–H groups in total. The monoisotopic (exact) mass is 393 g/mol. The topological polar surface area (TPSA) is 81.7 Å². The van der Waals surface area contributed by atoms with Crippen molar-refractivity contribution in [2.75, 3.05) is 13.2 Å². The average Bonchev–Trinajstić information content (AvgIpc) is 3.31. The lowest BCUT2D eigenvalue weighted by Crippen LogP contribution is -2.41. The Balaban J connectivity index is 1.44. The van der Waals surface area contributed by atoms with Crippen LogP contribution in [-0.4, -0.2) is 49.2 Å². The molecule has 0 aliphatic carbocycles. The van der Waals surface area contributed by atoms with Gasteiger partial charge in [-0.25, -0.2) is 9.67 Å². The van der Waals surface area contributed by atoms with Crippen molar-refractivity contribution >= 4 is 11.6 Å². The van der Waals surface area contributed by atoms with Gasteiger partial charge in [-0.1, -0.05) is 6.07 Å². The molecule has 0 spiro atoms. The van der Waals surface area contributed by atoms with Gasteiger partial charge in [0.25, 0.3) is 11.5 Å². The number of likely N-dealkylation sites (tertiary alicyclic amines) is 1. The summed E-state index contributed by atoms with van der Waals surface area (Å²) in [5.74, 6) is -0.0388. The largest absolute Gasteiger partial charge is 0.376 e. The van der Waals surface area contributed by atoms with Crippen LogP contribution in [0.3, 0.4) is 0 Å². The van der Waals surface area contributed by atoms with Crippen molar-refractivity contribution in [3.63, 3.8) is 0 Å². The van der Waals surface area contributed by atoms with E-state index >= 15 is 0 Å². The van der Waals surface area contributed by atoms with E-state index in [-0.39, 0.29) is 17.5 Å². The van der Waals surface area contributed by atoms with Gasteiger partial charge >= 0.3 is 0 Å². The molecule has 3 aromatic rings. The maximum absolute atomic E-state index is 13.4. The van der Waals surface area contributed by atoms with Crippen LogP contribution < -0.4 is 5.56 Å². The minimum absolute atomic E-state index is 0.0388. The van der Waals surface area contributed by atoms with Crippen LogP contribution in [0.1, 0.15) is 40.3 Å². The summed E-state index contributed by atoms with van der Waals surface area (Å²) in [6, 6.07) is 7.27. The van der Waals surface area contributed by atoms with Crippen LogP contribution in [0.2, 0.25) is 0 Å². The van der Waals surface area contributed by atoms with Crippen LogP contribution in [0.5, 0.6) is 0 Å². The van der Waals surface area contributed by atoms with Crippen molar-refractivity contribution in [3.8, 4) is 0 Å². The van der Waals surface area contributed by atoms with Gasteiger partial charge in [0.05, 0.1) is 37.2 Å². The van der Waals surface area contributed by atoms with Gasteiger partial charge in [0.2, 0.25) is 0 Å². The number of rotatable bonds is 3. The first kappa shape index (κ1) is 18.1. The van der Waals surface area contributed by atoms with Gasteiger partial charge in [-0.05, 0) is 31.9 Å². The van der Waals surface area contributed by atoms with E-state index < -0.39 is 0 Å². The summed E-state index contributed by atoms with van der Waals surface area (Å²) in [5, 5.41) is 4.57. The molecular weight excluding hydrogens is 370 g/mol. The molecule has 2 aliphatic rings. The molecule has 8 nitrogen and oxygen atoms in total. The minimum atomic E-state index is -0.139. The van der Waals surface area contributed by atoms with E-state index in [1.807, 2.05) is 40.6 Å². The van der Waals surface area contributed by atoms with Crippen LogP contribution in [0.4, 0.5) is 0 Å². The number of carbonyl (C=O) groups is 1. The van der Waals surface area contributed by atoms with Gasteiger partial charge in [0.1, 0.15) is 11.3 Å². The highest BCUT2D eigenvalue weighted by Crippen LogP contribution is 2.23.